The lowest BCUT2D eigenvalue weighted by Gasteiger charge is -2.46. The van der Waals surface area contributed by atoms with Crippen LogP contribution in [-0.2, 0) is 6.54 Å². The monoisotopic (exact) mass is 234 g/mol. The smallest absolute Gasteiger partial charge is 0.0972 e. The fraction of sp³-hybridized carbons (Fsp3) is 0.500. The van der Waals surface area contributed by atoms with Crippen LogP contribution in [-0.4, -0.2) is 29.6 Å². The summed E-state index contributed by atoms with van der Waals surface area (Å²) in [4.78, 5) is 6.76. The molecule has 0 saturated carbocycles. The Labute approximate surface area is 102 Å². The first kappa shape index (κ1) is 12.2. The van der Waals surface area contributed by atoms with Crippen molar-refractivity contribution in [3.05, 3.63) is 35.7 Å². The van der Waals surface area contributed by atoms with Gasteiger partial charge in [0.15, 0.2) is 0 Å². The molecule has 1 saturated heterocycles. The normalized spacial score (nSPS) is 18.8. The van der Waals surface area contributed by atoms with Crippen LogP contribution in [0.1, 0.15) is 23.9 Å². The summed E-state index contributed by atoms with van der Waals surface area (Å²) >= 11 is 0. The van der Waals surface area contributed by atoms with E-state index in [-0.39, 0.29) is 12.1 Å². The zero-order valence-electron chi connectivity index (χ0n) is 10.5. The first-order chi connectivity index (χ1) is 8.06. The molecule has 0 amide bonds. The van der Waals surface area contributed by atoms with Gasteiger partial charge in [-0.15, -0.1) is 0 Å². The Morgan fingerprint density at radius 1 is 1.53 bits per heavy atom. The highest BCUT2D eigenvalue weighted by molar-refractivity contribution is 5.49. The maximum Gasteiger partial charge on any atom is 0.0972 e. The van der Waals surface area contributed by atoms with Crippen LogP contribution in [0.4, 0.5) is 4.39 Å². The highest BCUT2D eigenvalue weighted by atomic mass is 19.1. The molecule has 0 aliphatic carbocycles. The Kier molecular flexibility index (Phi) is 3.29. The van der Waals surface area contributed by atoms with Crippen molar-refractivity contribution in [3.8, 4) is 0 Å². The van der Waals surface area contributed by atoms with Gasteiger partial charge in [-0.1, -0.05) is 25.6 Å². The number of likely N-dealkylation sites (tertiary alicyclic amines) is 1. The molecule has 3 heteroatoms. The van der Waals surface area contributed by atoms with E-state index in [1.807, 2.05) is 32.1 Å². The second-order valence-electron chi connectivity index (χ2n) is 5.28. The van der Waals surface area contributed by atoms with E-state index < -0.39 is 0 Å². The molecular formula is C14H19FN2. The topological polar surface area (TPSA) is 16.1 Å². The molecule has 1 aromatic rings. The lowest BCUT2D eigenvalue weighted by Crippen LogP contribution is -2.55. The summed E-state index contributed by atoms with van der Waals surface area (Å²) in [7, 11) is 0. The van der Waals surface area contributed by atoms with Gasteiger partial charge in [0.2, 0.25) is 0 Å². The largest absolute Gasteiger partial charge is 0.296 e. The second-order valence-corrected chi connectivity index (χ2v) is 5.28. The van der Waals surface area contributed by atoms with Crippen LogP contribution in [0.3, 0.4) is 0 Å². The number of pyridine rings is 1. The van der Waals surface area contributed by atoms with Gasteiger partial charge in [-0.3, -0.25) is 14.3 Å². The van der Waals surface area contributed by atoms with Crippen LogP contribution in [0.2, 0.25) is 0 Å². The number of hydrogen-bond donors (Lipinski definition) is 0. The maximum absolute atomic E-state index is 12.7. The number of nitrogens with zero attached hydrogens (tertiary/aromatic N) is 2. The molecule has 0 bridgehead atoms. The zero-order valence-corrected chi connectivity index (χ0v) is 10.5. The van der Waals surface area contributed by atoms with Crippen LogP contribution < -0.4 is 0 Å². The van der Waals surface area contributed by atoms with Crippen molar-refractivity contribution in [1.29, 1.82) is 0 Å². The Morgan fingerprint density at radius 2 is 2.24 bits per heavy atom. The average molecular weight is 234 g/mol. The SMILES string of the molecule is C=Cc1ccc(C)nc1CN1CC(C)(CF)C1. The molecule has 92 valence electrons. The van der Waals surface area contributed by atoms with Gasteiger partial charge in [0, 0.05) is 30.7 Å². The summed E-state index contributed by atoms with van der Waals surface area (Å²) < 4.78 is 12.7. The second kappa shape index (κ2) is 4.57. The van der Waals surface area contributed by atoms with Gasteiger partial charge >= 0.3 is 0 Å². The molecule has 2 rings (SSSR count). The number of hydrogen-bond acceptors (Lipinski definition) is 2. The van der Waals surface area contributed by atoms with Gasteiger partial charge in [-0.25, -0.2) is 0 Å². The molecular weight excluding hydrogens is 215 g/mol. The predicted octanol–water partition coefficient (Wildman–Crippen LogP) is 2.82. The number of aromatic nitrogens is 1. The van der Waals surface area contributed by atoms with Crippen LogP contribution in [0.5, 0.6) is 0 Å². The van der Waals surface area contributed by atoms with E-state index >= 15 is 0 Å². The summed E-state index contributed by atoms with van der Waals surface area (Å²) in [6.45, 7) is 9.95. The Morgan fingerprint density at radius 3 is 2.82 bits per heavy atom. The molecule has 2 heterocycles. The van der Waals surface area contributed by atoms with Crippen molar-refractivity contribution >= 4 is 6.08 Å². The number of aryl methyl sites for hydroxylation is 1. The lowest BCUT2D eigenvalue weighted by atomic mass is 9.83. The van der Waals surface area contributed by atoms with E-state index in [0.717, 1.165) is 36.6 Å². The Hall–Kier alpha value is -1.22. The fourth-order valence-electron chi connectivity index (χ4n) is 2.38. The lowest BCUT2D eigenvalue weighted by molar-refractivity contribution is -0.00984. The third-order valence-electron chi connectivity index (χ3n) is 3.28. The molecule has 17 heavy (non-hydrogen) atoms. The third kappa shape index (κ3) is 2.55. The van der Waals surface area contributed by atoms with Crippen LogP contribution in [0, 0.1) is 12.3 Å². The maximum atomic E-state index is 12.7. The molecule has 2 nitrogen and oxygen atoms in total. The number of rotatable bonds is 4. The van der Waals surface area contributed by atoms with Crippen molar-refractivity contribution < 1.29 is 4.39 Å². The van der Waals surface area contributed by atoms with Gasteiger partial charge in [-0.05, 0) is 18.6 Å². The van der Waals surface area contributed by atoms with Crippen LogP contribution in [0.15, 0.2) is 18.7 Å². The standard InChI is InChI=1S/C14H19FN2/c1-4-12-6-5-11(2)16-13(12)7-17-9-14(3,8-15)10-17/h4-6H,1,7-10H2,2-3H3. The molecule has 0 spiro atoms. The molecule has 1 aliphatic heterocycles. The average Bonchev–Trinajstić information content (AvgIpc) is 2.27. The molecule has 0 unspecified atom stereocenters. The van der Waals surface area contributed by atoms with Crippen molar-refractivity contribution in [3.63, 3.8) is 0 Å². The Balaban J connectivity index is 2.05. The van der Waals surface area contributed by atoms with E-state index in [9.17, 15) is 4.39 Å². The summed E-state index contributed by atoms with van der Waals surface area (Å²) in [5, 5.41) is 0. The van der Waals surface area contributed by atoms with Crippen molar-refractivity contribution in [2.45, 2.75) is 20.4 Å². The fourth-order valence-corrected chi connectivity index (χ4v) is 2.38. The first-order valence-corrected chi connectivity index (χ1v) is 5.93. The van der Waals surface area contributed by atoms with Crippen LogP contribution in [0.25, 0.3) is 6.08 Å². The summed E-state index contributed by atoms with van der Waals surface area (Å²) in [6, 6.07) is 4.03. The molecule has 0 aromatic carbocycles. The van der Waals surface area contributed by atoms with Crippen molar-refractivity contribution in [1.82, 2.24) is 9.88 Å². The highest BCUT2D eigenvalue weighted by Gasteiger charge is 2.38. The minimum Gasteiger partial charge on any atom is -0.296 e. The van der Waals surface area contributed by atoms with Gasteiger partial charge in [0.25, 0.3) is 0 Å². The van der Waals surface area contributed by atoms with E-state index in [0.29, 0.717) is 0 Å². The van der Waals surface area contributed by atoms with E-state index in [1.165, 1.54) is 0 Å². The quantitative estimate of drug-likeness (QED) is 0.796. The molecule has 1 aromatic heterocycles. The van der Waals surface area contributed by atoms with Gasteiger partial charge in [0.1, 0.15) is 0 Å². The van der Waals surface area contributed by atoms with E-state index in [2.05, 4.69) is 16.5 Å². The minimum atomic E-state index is -0.237. The van der Waals surface area contributed by atoms with Crippen LogP contribution >= 0.6 is 0 Å². The summed E-state index contributed by atoms with van der Waals surface area (Å²) in [5.41, 5.74) is 2.99. The molecule has 0 N–H and O–H groups in total. The molecule has 1 fully saturated rings. The van der Waals surface area contributed by atoms with Crippen molar-refractivity contribution in [2.75, 3.05) is 19.8 Å². The van der Waals surface area contributed by atoms with Gasteiger partial charge < -0.3 is 0 Å². The third-order valence-corrected chi connectivity index (χ3v) is 3.28. The highest BCUT2D eigenvalue weighted by Crippen LogP contribution is 2.31. The minimum absolute atomic E-state index is 0.141. The predicted molar refractivity (Wildman–Crippen MR) is 68.4 cm³/mol. The van der Waals surface area contributed by atoms with Gasteiger partial charge in [0.05, 0.1) is 12.4 Å². The van der Waals surface area contributed by atoms with Crippen molar-refractivity contribution in [2.24, 2.45) is 5.41 Å². The van der Waals surface area contributed by atoms with Gasteiger partial charge in [-0.2, -0.15) is 0 Å². The Bertz CT molecular complexity index is 422. The molecule has 0 radical (unpaired) electrons. The number of alkyl halides is 1. The number of halogens is 1. The summed E-state index contributed by atoms with van der Waals surface area (Å²) in [6.07, 6.45) is 1.83. The van der Waals surface area contributed by atoms with E-state index in [1.54, 1.807) is 0 Å². The summed E-state index contributed by atoms with van der Waals surface area (Å²) in [5.74, 6) is 0. The molecule has 0 atom stereocenters. The molecule has 1 aliphatic rings. The zero-order chi connectivity index (χ0) is 12.5. The van der Waals surface area contributed by atoms with E-state index in [4.69, 9.17) is 0 Å². The first-order valence-electron chi connectivity index (χ1n) is 5.93.